The molecule has 0 saturated heterocycles. The summed E-state index contributed by atoms with van der Waals surface area (Å²) in [6.07, 6.45) is 0.418. The number of nitrogens with one attached hydrogen (secondary N) is 1. The Morgan fingerprint density at radius 3 is 2.38 bits per heavy atom. The van der Waals surface area contributed by atoms with Crippen molar-refractivity contribution in [2.75, 3.05) is 10.7 Å². The van der Waals surface area contributed by atoms with Gasteiger partial charge in [0.15, 0.2) is 5.16 Å². The van der Waals surface area contributed by atoms with Crippen LogP contribution in [0.5, 0.6) is 0 Å². The van der Waals surface area contributed by atoms with Crippen LogP contribution in [0.15, 0.2) is 64.5 Å². The summed E-state index contributed by atoms with van der Waals surface area (Å²) in [4.78, 5) is 29.6. The normalized spacial score (nSPS) is 10.9. The molecule has 0 bridgehead atoms. The number of H-pyrrole nitrogens is 1. The number of benzene rings is 2. The van der Waals surface area contributed by atoms with Gasteiger partial charge in [0, 0.05) is 18.2 Å². The summed E-state index contributed by atoms with van der Waals surface area (Å²) >= 11 is 1.18. The second-order valence-electron chi connectivity index (χ2n) is 7.05. The van der Waals surface area contributed by atoms with Crippen molar-refractivity contribution in [1.29, 1.82) is 0 Å². The molecule has 0 unspecified atom stereocenters. The van der Waals surface area contributed by atoms with Crippen LogP contribution in [0.2, 0.25) is 0 Å². The number of aromatic nitrogens is 3. The topological polar surface area (TPSA) is 79.0 Å². The van der Waals surface area contributed by atoms with Crippen LogP contribution in [0, 0.1) is 6.92 Å². The molecular formula is C22H24N4O2S. The van der Waals surface area contributed by atoms with Gasteiger partial charge in [-0.05, 0) is 38.5 Å². The number of para-hydroxylation sites is 1. The van der Waals surface area contributed by atoms with Gasteiger partial charge in [0.25, 0.3) is 5.56 Å². The van der Waals surface area contributed by atoms with Crippen LogP contribution in [0.3, 0.4) is 0 Å². The first kappa shape index (κ1) is 20.8. The molecule has 0 spiro atoms. The van der Waals surface area contributed by atoms with Gasteiger partial charge in [0.2, 0.25) is 5.91 Å². The number of nitrogens with zero attached hydrogens (tertiary/aromatic N) is 3. The maximum Gasteiger partial charge on any atom is 0.273 e. The second kappa shape index (κ2) is 9.52. The predicted molar refractivity (Wildman–Crippen MR) is 116 cm³/mol. The van der Waals surface area contributed by atoms with Gasteiger partial charge in [-0.2, -0.15) is 0 Å². The molecule has 7 heteroatoms. The fourth-order valence-corrected chi connectivity index (χ4v) is 3.61. The summed E-state index contributed by atoms with van der Waals surface area (Å²) in [5.41, 5.74) is 3.09. The Hall–Kier alpha value is -2.93. The van der Waals surface area contributed by atoms with Crippen LogP contribution in [0.4, 0.5) is 5.69 Å². The lowest BCUT2D eigenvalue weighted by Crippen LogP contribution is -2.38. The molecule has 1 N–H and O–H groups in total. The molecule has 1 aromatic heterocycles. The lowest BCUT2D eigenvalue weighted by molar-refractivity contribution is -0.116. The SMILES string of the molecule is Cc1ccc(Cc2nnc(SCC(=O)N(c3ccccc3)C(C)C)[nH]c2=O)cc1. The van der Waals surface area contributed by atoms with Crippen molar-refractivity contribution in [3.8, 4) is 0 Å². The molecule has 29 heavy (non-hydrogen) atoms. The molecule has 150 valence electrons. The van der Waals surface area contributed by atoms with E-state index in [0.717, 1.165) is 16.8 Å². The van der Waals surface area contributed by atoms with E-state index in [1.165, 1.54) is 11.8 Å². The third kappa shape index (κ3) is 5.54. The lowest BCUT2D eigenvalue weighted by Gasteiger charge is -2.26. The quantitative estimate of drug-likeness (QED) is 0.605. The number of thioether (sulfide) groups is 1. The summed E-state index contributed by atoms with van der Waals surface area (Å²) in [6, 6.07) is 17.5. The molecule has 6 nitrogen and oxygen atoms in total. The summed E-state index contributed by atoms with van der Waals surface area (Å²) in [5.74, 6) is 0.109. The van der Waals surface area contributed by atoms with Gasteiger partial charge < -0.3 is 4.90 Å². The Bertz CT molecular complexity index is 1020. The first-order valence-electron chi connectivity index (χ1n) is 9.45. The number of amides is 1. The average Bonchev–Trinajstić information content (AvgIpc) is 2.70. The minimum atomic E-state index is -0.278. The number of carbonyl (C=O) groups is 1. The molecule has 0 atom stereocenters. The maximum atomic E-state index is 12.7. The van der Waals surface area contributed by atoms with Crippen LogP contribution in [-0.2, 0) is 11.2 Å². The van der Waals surface area contributed by atoms with Crippen molar-refractivity contribution < 1.29 is 4.79 Å². The molecule has 0 aliphatic rings. The third-order valence-electron chi connectivity index (χ3n) is 4.39. The highest BCUT2D eigenvalue weighted by molar-refractivity contribution is 7.99. The molecule has 0 saturated carbocycles. The maximum absolute atomic E-state index is 12.7. The number of rotatable bonds is 7. The highest BCUT2D eigenvalue weighted by atomic mass is 32.2. The molecule has 3 rings (SSSR count). The van der Waals surface area contributed by atoms with Gasteiger partial charge in [-0.15, -0.1) is 10.2 Å². The van der Waals surface area contributed by atoms with Crippen LogP contribution in [-0.4, -0.2) is 32.9 Å². The van der Waals surface area contributed by atoms with Crippen molar-refractivity contribution in [3.63, 3.8) is 0 Å². The number of aryl methyl sites for hydroxylation is 1. The Balaban J connectivity index is 1.66. The van der Waals surface area contributed by atoms with Crippen molar-refractivity contribution in [1.82, 2.24) is 15.2 Å². The number of hydrogen-bond acceptors (Lipinski definition) is 5. The molecule has 1 heterocycles. The summed E-state index contributed by atoms with van der Waals surface area (Å²) < 4.78 is 0. The van der Waals surface area contributed by atoms with Gasteiger partial charge in [-0.25, -0.2) is 0 Å². The van der Waals surface area contributed by atoms with Crippen molar-refractivity contribution in [3.05, 3.63) is 81.8 Å². The van der Waals surface area contributed by atoms with E-state index in [4.69, 9.17) is 0 Å². The molecular weight excluding hydrogens is 384 g/mol. The standard InChI is InChI=1S/C22H24N4O2S/c1-15(2)26(18-7-5-4-6-8-18)20(27)14-29-22-23-21(28)19(24-25-22)13-17-11-9-16(3)10-12-17/h4-12,15H,13-14H2,1-3H3,(H,23,25,28). The van der Waals surface area contributed by atoms with E-state index in [-0.39, 0.29) is 23.3 Å². The molecule has 0 aliphatic heterocycles. The fraction of sp³-hybridized carbons (Fsp3) is 0.273. The van der Waals surface area contributed by atoms with Crippen LogP contribution in [0.25, 0.3) is 0 Å². The van der Waals surface area contributed by atoms with Crippen LogP contribution in [0.1, 0.15) is 30.7 Å². The first-order chi connectivity index (χ1) is 13.9. The highest BCUT2D eigenvalue weighted by Crippen LogP contribution is 2.19. The minimum absolute atomic E-state index is 0.0209. The molecule has 3 aromatic rings. The largest absolute Gasteiger partial charge is 0.309 e. The Labute approximate surface area is 174 Å². The van der Waals surface area contributed by atoms with Gasteiger partial charge in [0.1, 0.15) is 5.69 Å². The van der Waals surface area contributed by atoms with Crippen LogP contribution >= 0.6 is 11.8 Å². The molecule has 2 aromatic carbocycles. The Morgan fingerprint density at radius 1 is 1.07 bits per heavy atom. The Kier molecular flexibility index (Phi) is 6.82. The third-order valence-corrected chi connectivity index (χ3v) is 5.24. The van der Waals surface area contributed by atoms with E-state index in [9.17, 15) is 9.59 Å². The zero-order valence-electron chi connectivity index (χ0n) is 16.8. The van der Waals surface area contributed by atoms with Gasteiger partial charge in [0.05, 0.1) is 5.75 Å². The van der Waals surface area contributed by atoms with Crippen molar-refractivity contribution in [2.45, 2.75) is 38.4 Å². The van der Waals surface area contributed by atoms with E-state index in [1.54, 1.807) is 4.90 Å². The fourth-order valence-electron chi connectivity index (χ4n) is 2.94. The van der Waals surface area contributed by atoms with Crippen LogP contribution < -0.4 is 10.5 Å². The minimum Gasteiger partial charge on any atom is -0.309 e. The Morgan fingerprint density at radius 2 is 1.76 bits per heavy atom. The van der Waals surface area contributed by atoms with Gasteiger partial charge in [-0.3, -0.25) is 14.6 Å². The molecule has 1 amide bonds. The average molecular weight is 409 g/mol. The van der Waals surface area contributed by atoms with E-state index in [2.05, 4.69) is 15.2 Å². The summed E-state index contributed by atoms with van der Waals surface area (Å²) in [5, 5.41) is 8.50. The predicted octanol–water partition coefficient (Wildman–Crippen LogP) is 3.60. The van der Waals surface area contributed by atoms with E-state index in [1.807, 2.05) is 75.4 Å². The van der Waals surface area contributed by atoms with Gasteiger partial charge in [-0.1, -0.05) is 59.8 Å². The highest BCUT2D eigenvalue weighted by Gasteiger charge is 2.19. The smallest absolute Gasteiger partial charge is 0.273 e. The van der Waals surface area contributed by atoms with E-state index < -0.39 is 0 Å². The lowest BCUT2D eigenvalue weighted by atomic mass is 10.1. The summed E-state index contributed by atoms with van der Waals surface area (Å²) in [6.45, 7) is 5.95. The summed E-state index contributed by atoms with van der Waals surface area (Å²) in [7, 11) is 0. The monoisotopic (exact) mass is 408 g/mol. The number of carbonyl (C=O) groups excluding carboxylic acids is 1. The second-order valence-corrected chi connectivity index (χ2v) is 8.01. The van der Waals surface area contributed by atoms with Crippen molar-refractivity contribution >= 4 is 23.4 Å². The zero-order valence-corrected chi connectivity index (χ0v) is 17.6. The van der Waals surface area contributed by atoms with E-state index in [0.29, 0.717) is 17.3 Å². The number of anilines is 1. The van der Waals surface area contributed by atoms with Crippen molar-refractivity contribution in [2.24, 2.45) is 0 Å². The number of aromatic amines is 1. The molecule has 0 fully saturated rings. The first-order valence-corrected chi connectivity index (χ1v) is 10.4. The number of hydrogen-bond donors (Lipinski definition) is 1. The van der Waals surface area contributed by atoms with Gasteiger partial charge >= 0.3 is 0 Å². The molecule has 0 radical (unpaired) electrons. The van der Waals surface area contributed by atoms with E-state index >= 15 is 0 Å². The molecule has 0 aliphatic carbocycles. The zero-order chi connectivity index (χ0) is 20.8.